The minimum absolute atomic E-state index is 1.04. The summed E-state index contributed by atoms with van der Waals surface area (Å²) in [4.78, 5) is 4.53. The van der Waals surface area contributed by atoms with E-state index in [-0.39, 0.29) is 0 Å². The number of hydrogen-bond acceptors (Lipinski definition) is 1. The van der Waals surface area contributed by atoms with Crippen molar-refractivity contribution < 1.29 is 0 Å². The number of benzene rings is 1. The summed E-state index contributed by atoms with van der Waals surface area (Å²) < 4.78 is 2.16. The van der Waals surface area contributed by atoms with Crippen LogP contribution in [0.3, 0.4) is 0 Å². The van der Waals surface area contributed by atoms with Gasteiger partial charge in [-0.3, -0.25) is 4.40 Å². The van der Waals surface area contributed by atoms with Crippen LogP contribution in [0.15, 0.2) is 48.8 Å². The average molecular weight is 264 g/mol. The molecule has 2 aromatic heterocycles. The zero-order valence-corrected chi connectivity index (χ0v) is 12.1. The van der Waals surface area contributed by atoms with Crippen molar-refractivity contribution in [2.75, 3.05) is 0 Å². The third-order valence-electron chi connectivity index (χ3n) is 3.80. The normalized spacial score (nSPS) is 11.1. The molecule has 3 aromatic rings. The third kappa shape index (κ3) is 2.34. The first kappa shape index (κ1) is 12.9. The fraction of sp³-hybridized carbons (Fsp3) is 0.278. The molecule has 3 rings (SSSR count). The van der Waals surface area contributed by atoms with E-state index in [1.165, 1.54) is 36.0 Å². The summed E-state index contributed by atoms with van der Waals surface area (Å²) in [5.74, 6) is 0. The van der Waals surface area contributed by atoms with Crippen molar-refractivity contribution in [2.45, 2.75) is 33.1 Å². The minimum atomic E-state index is 1.04. The smallest absolute Gasteiger partial charge is 0.140 e. The maximum Gasteiger partial charge on any atom is 0.140 e. The van der Waals surface area contributed by atoms with Crippen LogP contribution in [-0.2, 0) is 6.42 Å². The van der Waals surface area contributed by atoms with Crippen LogP contribution in [0.5, 0.6) is 0 Å². The molecular formula is C18H20N2. The maximum absolute atomic E-state index is 4.53. The van der Waals surface area contributed by atoms with Crippen molar-refractivity contribution in [3.8, 4) is 11.3 Å². The van der Waals surface area contributed by atoms with Gasteiger partial charge >= 0.3 is 0 Å². The molecule has 0 spiro atoms. The summed E-state index contributed by atoms with van der Waals surface area (Å²) in [6.07, 6.45) is 7.71. The van der Waals surface area contributed by atoms with Gasteiger partial charge in [-0.05, 0) is 37.0 Å². The highest BCUT2D eigenvalue weighted by Crippen LogP contribution is 2.22. The van der Waals surface area contributed by atoms with Crippen molar-refractivity contribution >= 4 is 5.65 Å². The molecule has 0 atom stereocenters. The Morgan fingerprint density at radius 2 is 1.90 bits per heavy atom. The Morgan fingerprint density at radius 3 is 2.65 bits per heavy atom. The van der Waals surface area contributed by atoms with Gasteiger partial charge in [-0.15, -0.1) is 0 Å². The Kier molecular flexibility index (Phi) is 3.55. The van der Waals surface area contributed by atoms with E-state index < -0.39 is 0 Å². The standard InChI is InChI=1S/C18H20N2/c1-3-4-7-15-8-10-16(11-9-15)17-13-19-18-14(2)6-5-12-20(17)18/h5-6,8-13H,3-4,7H2,1-2H3. The summed E-state index contributed by atoms with van der Waals surface area (Å²) in [5.41, 5.74) is 6.05. The van der Waals surface area contributed by atoms with E-state index in [1.807, 2.05) is 6.20 Å². The summed E-state index contributed by atoms with van der Waals surface area (Å²) >= 11 is 0. The molecule has 0 N–H and O–H groups in total. The van der Waals surface area contributed by atoms with Crippen LogP contribution < -0.4 is 0 Å². The highest BCUT2D eigenvalue weighted by molar-refractivity contribution is 5.65. The fourth-order valence-electron chi connectivity index (χ4n) is 2.59. The van der Waals surface area contributed by atoms with Crippen molar-refractivity contribution in [2.24, 2.45) is 0 Å². The second kappa shape index (κ2) is 5.49. The molecule has 0 saturated heterocycles. The van der Waals surface area contributed by atoms with E-state index in [9.17, 15) is 0 Å². The van der Waals surface area contributed by atoms with Gasteiger partial charge in [0.15, 0.2) is 0 Å². The van der Waals surface area contributed by atoms with Gasteiger partial charge in [0.25, 0.3) is 0 Å². The van der Waals surface area contributed by atoms with Crippen LogP contribution in [0.1, 0.15) is 30.9 Å². The molecule has 20 heavy (non-hydrogen) atoms. The molecule has 2 heterocycles. The predicted molar refractivity (Wildman–Crippen MR) is 84.0 cm³/mol. The Bertz CT molecular complexity index is 708. The Morgan fingerprint density at radius 1 is 1.10 bits per heavy atom. The van der Waals surface area contributed by atoms with E-state index in [4.69, 9.17) is 0 Å². The summed E-state index contributed by atoms with van der Waals surface area (Å²) in [7, 11) is 0. The molecule has 2 nitrogen and oxygen atoms in total. The number of pyridine rings is 1. The van der Waals surface area contributed by atoms with Crippen molar-refractivity contribution in [3.05, 3.63) is 59.9 Å². The van der Waals surface area contributed by atoms with Crippen LogP contribution in [0.4, 0.5) is 0 Å². The highest BCUT2D eigenvalue weighted by atomic mass is 15.0. The van der Waals surface area contributed by atoms with E-state index in [0.717, 1.165) is 11.3 Å². The van der Waals surface area contributed by atoms with Crippen LogP contribution in [0.2, 0.25) is 0 Å². The molecule has 0 amide bonds. The molecule has 0 aliphatic rings. The number of aryl methyl sites for hydroxylation is 2. The van der Waals surface area contributed by atoms with Gasteiger partial charge in [0, 0.05) is 11.8 Å². The van der Waals surface area contributed by atoms with Crippen molar-refractivity contribution in [1.82, 2.24) is 9.38 Å². The number of unbranched alkanes of at least 4 members (excludes halogenated alkanes) is 1. The lowest BCUT2D eigenvalue weighted by molar-refractivity contribution is 0.795. The van der Waals surface area contributed by atoms with E-state index in [2.05, 4.69) is 65.8 Å². The molecular weight excluding hydrogens is 244 g/mol. The number of imidazole rings is 1. The van der Waals surface area contributed by atoms with E-state index in [0.29, 0.717) is 0 Å². The number of rotatable bonds is 4. The van der Waals surface area contributed by atoms with Gasteiger partial charge in [0.1, 0.15) is 5.65 Å². The number of hydrogen-bond donors (Lipinski definition) is 0. The summed E-state index contributed by atoms with van der Waals surface area (Å²) in [6.45, 7) is 4.33. The molecule has 0 aliphatic carbocycles. The molecule has 2 heteroatoms. The number of fused-ring (bicyclic) bond motifs is 1. The van der Waals surface area contributed by atoms with Crippen molar-refractivity contribution in [1.29, 1.82) is 0 Å². The minimum Gasteiger partial charge on any atom is -0.299 e. The number of aromatic nitrogens is 2. The SMILES string of the molecule is CCCCc1ccc(-c2cnc3c(C)cccn23)cc1. The maximum atomic E-state index is 4.53. The first-order valence-electron chi connectivity index (χ1n) is 7.31. The van der Waals surface area contributed by atoms with Gasteiger partial charge in [-0.1, -0.05) is 43.7 Å². The molecule has 0 saturated carbocycles. The van der Waals surface area contributed by atoms with Crippen LogP contribution in [-0.4, -0.2) is 9.38 Å². The molecule has 0 unspecified atom stereocenters. The lowest BCUT2D eigenvalue weighted by Crippen LogP contribution is -1.90. The topological polar surface area (TPSA) is 17.3 Å². The van der Waals surface area contributed by atoms with Crippen molar-refractivity contribution in [3.63, 3.8) is 0 Å². The number of nitrogens with zero attached hydrogens (tertiary/aromatic N) is 2. The van der Waals surface area contributed by atoms with E-state index in [1.54, 1.807) is 0 Å². The fourth-order valence-corrected chi connectivity index (χ4v) is 2.59. The molecule has 1 aromatic carbocycles. The second-order valence-electron chi connectivity index (χ2n) is 5.33. The molecule has 102 valence electrons. The molecule has 0 radical (unpaired) electrons. The van der Waals surface area contributed by atoms with Gasteiger partial charge in [-0.25, -0.2) is 4.98 Å². The Hall–Kier alpha value is -2.09. The van der Waals surface area contributed by atoms with Crippen LogP contribution in [0.25, 0.3) is 16.9 Å². The van der Waals surface area contributed by atoms with Gasteiger partial charge in [0.05, 0.1) is 11.9 Å². The van der Waals surface area contributed by atoms with Gasteiger partial charge in [0.2, 0.25) is 0 Å². The summed E-state index contributed by atoms with van der Waals surface area (Å²) in [6, 6.07) is 13.1. The Balaban J connectivity index is 1.97. The lowest BCUT2D eigenvalue weighted by Gasteiger charge is -2.05. The van der Waals surface area contributed by atoms with Gasteiger partial charge in [-0.2, -0.15) is 0 Å². The van der Waals surface area contributed by atoms with Crippen LogP contribution >= 0.6 is 0 Å². The first-order chi connectivity index (χ1) is 9.79. The highest BCUT2D eigenvalue weighted by Gasteiger charge is 2.06. The molecule has 0 bridgehead atoms. The average Bonchev–Trinajstić information content (AvgIpc) is 2.91. The largest absolute Gasteiger partial charge is 0.299 e. The monoisotopic (exact) mass is 264 g/mol. The third-order valence-corrected chi connectivity index (χ3v) is 3.80. The van der Waals surface area contributed by atoms with Crippen LogP contribution in [0, 0.1) is 6.92 Å². The zero-order valence-electron chi connectivity index (χ0n) is 12.1. The zero-order chi connectivity index (χ0) is 13.9. The van der Waals surface area contributed by atoms with Gasteiger partial charge < -0.3 is 0 Å². The predicted octanol–water partition coefficient (Wildman–Crippen LogP) is 4.65. The molecule has 0 aliphatic heterocycles. The lowest BCUT2D eigenvalue weighted by atomic mass is 10.1. The summed E-state index contributed by atoms with van der Waals surface area (Å²) in [5, 5.41) is 0. The molecule has 0 fully saturated rings. The van der Waals surface area contributed by atoms with E-state index >= 15 is 0 Å². The Labute approximate surface area is 120 Å². The first-order valence-corrected chi connectivity index (χ1v) is 7.31. The quantitative estimate of drug-likeness (QED) is 0.670. The second-order valence-corrected chi connectivity index (χ2v) is 5.33.